The monoisotopic (exact) mass is 597 g/mol. The molecule has 0 aliphatic carbocycles. The molecule has 2 atom stereocenters. The molecule has 0 bridgehead atoms. The summed E-state index contributed by atoms with van der Waals surface area (Å²) in [5.41, 5.74) is 1.51. The molecular formula is C30H39N5O8. The zero-order chi connectivity index (χ0) is 31.6. The van der Waals surface area contributed by atoms with Crippen LogP contribution in [0.5, 0.6) is 0 Å². The maximum atomic E-state index is 13.3. The molecule has 0 saturated carbocycles. The average molecular weight is 598 g/mol. The number of carbonyl (C=O) groups is 6. The van der Waals surface area contributed by atoms with Gasteiger partial charge in [0.1, 0.15) is 25.2 Å². The van der Waals surface area contributed by atoms with Crippen molar-refractivity contribution in [3.05, 3.63) is 71.8 Å². The van der Waals surface area contributed by atoms with Crippen LogP contribution < -0.4 is 26.6 Å². The largest absolute Gasteiger partial charge is 0.458 e. The van der Waals surface area contributed by atoms with Crippen molar-refractivity contribution in [2.75, 3.05) is 26.7 Å². The van der Waals surface area contributed by atoms with Gasteiger partial charge in [-0.25, -0.2) is 9.59 Å². The van der Waals surface area contributed by atoms with E-state index in [1.54, 1.807) is 54.6 Å². The second-order valence-electron chi connectivity index (χ2n) is 9.97. The van der Waals surface area contributed by atoms with Gasteiger partial charge in [-0.15, -0.1) is 0 Å². The molecule has 0 fully saturated rings. The smallest absolute Gasteiger partial charge is 0.408 e. The molecule has 0 aromatic heterocycles. The lowest BCUT2D eigenvalue weighted by Crippen LogP contribution is -2.56. The molecule has 2 unspecified atom stereocenters. The van der Waals surface area contributed by atoms with Crippen LogP contribution in [0.25, 0.3) is 0 Å². The number of ether oxygens (including phenoxy) is 2. The van der Waals surface area contributed by atoms with Crippen LogP contribution in [0.3, 0.4) is 0 Å². The quantitative estimate of drug-likeness (QED) is 0.174. The molecule has 0 spiro atoms. The van der Waals surface area contributed by atoms with Gasteiger partial charge in [0, 0.05) is 13.5 Å². The van der Waals surface area contributed by atoms with Gasteiger partial charge in [0.2, 0.25) is 23.6 Å². The van der Waals surface area contributed by atoms with E-state index in [0.717, 1.165) is 11.1 Å². The van der Waals surface area contributed by atoms with Gasteiger partial charge in [-0.3, -0.25) is 19.2 Å². The molecule has 2 rings (SSSR count). The van der Waals surface area contributed by atoms with Crippen molar-refractivity contribution >= 4 is 35.7 Å². The topological polar surface area (TPSA) is 181 Å². The third kappa shape index (κ3) is 14.0. The van der Waals surface area contributed by atoms with Crippen LogP contribution in [0.1, 0.15) is 31.4 Å². The highest BCUT2D eigenvalue weighted by Gasteiger charge is 2.28. The lowest BCUT2D eigenvalue weighted by atomic mass is 10.0. The van der Waals surface area contributed by atoms with Crippen molar-refractivity contribution in [3.63, 3.8) is 0 Å². The Kier molecular flexibility index (Phi) is 14.7. The molecule has 0 heterocycles. The maximum absolute atomic E-state index is 13.3. The lowest BCUT2D eigenvalue weighted by Gasteiger charge is -2.24. The lowest BCUT2D eigenvalue weighted by molar-refractivity contribution is -0.148. The van der Waals surface area contributed by atoms with E-state index in [1.165, 1.54) is 7.05 Å². The van der Waals surface area contributed by atoms with Gasteiger partial charge >= 0.3 is 12.1 Å². The Morgan fingerprint density at radius 2 is 1.30 bits per heavy atom. The van der Waals surface area contributed by atoms with Gasteiger partial charge < -0.3 is 36.1 Å². The van der Waals surface area contributed by atoms with E-state index in [9.17, 15) is 28.8 Å². The minimum Gasteiger partial charge on any atom is -0.458 e. The van der Waals surface area contributed by atoms with Gasteiger partial charge in [-0.1, -0.05) is 74.5 Å². The van der Waals surface area contributed by atoms with E-state index in [2.05, 4.69) is 26.6 Å². The summed E-state index contributed by atoms with van der Waals surface area (Å²) in [5.74, 6) is -3.00. The van der Waals surface area contributed by atoms with Crippen LogP contribution in [0, 0.1) is 5.92 Å². The highest BCUT2D eigenvalue weighted by atomic mass is 16.6. The summed E-state index contributed by atoms with van der Waals surface area (Å²) in [6.07, 6.45) is -0.635. The van der Waals surface area contributed by atoms with Crippen LogP contribution in [-0.2, 0) is 46.5 Å². The molecule has 5 N–H and O–H groups in total. The van der Waals surface area contributed by atoms with Crippen LogP contribution in [0.4, 0.5) is 4.79 Å². The molecule has 0 aliphatic rings. The molecule has 13 heteroatoms. The zero-order valence-electron chi connectivity index (χ0n) is 24.5. The Labute approximate surface area is 250 Å². The first-order valence-electron chi connectivity index (χ1n) is 13.8. The standard InChI is InChI=1S/C30H39N5O8/c1-20(2)14-23(28(39)32-16-25(36)31-3)35-29(40)24(15-21-10-6-4-7-11-21)34-26(37)17-33-30(41)43-19-27(38)42-18-22-12-8-5-9-13-22/h4-13,20,23-24H,14-19H2,1-3H3,(H,31,36)(H,32,39)(H,33,41)(H,34,37)(H,35,40). The number of amides is 5. The number of hydrogen-bond acceptors (Lipinski definition) is 8. The number of carbonyl (C=O) groups excluding carboxylic acids is 6. The second-order valence-corrected chi connectivity index (χ2v) is 9.97. The summed E-state index contributed by atoms with van der Waals surface area (Å²) in [7, 11) is 1.44. The fourth-order valence-corrected chi connectivity index (χ4v) is 3.77. The first-order valence-corrected chi connectivity index (χ1v) is 13.8. The predicted molar refractivity (Wildman–Crippen MR) is 156 cm³/mol. The van der Waals surface area contributed by atoms with E-state index in [0.29, 0.717) is 6.42 Å². The second kappa shape index (κ2) is 18.5. The van der Waals surface area contributed by atoms with E-state index in [-0.39, 0.29) is 25.5 Å². The first kappa shape index (κ1) is 34.3. The molecule has 43 heavy (non-hydrogen) atoms. The first-order chi connectivity index (χ1) is 20.6. The summed E-state index contributed by atoms with van der Waals surface area (Å²) in [6, 6.07) is 15.8. The van der Waals surface area contributed by atoms with E-state index in [1.807, 2.05) is 19.9 Å². The maximum Gasteiger partial charge on any atom is 0.408 e. The SMILES string of the molecule is CNC(=O)CNC(=O)C(CC(C)C)NC(=O)C(Cc1ccccc1)NC(=O)CNC(=O)OCC(=O)OCc1ccccc1. The van der Waals surface area contributed by atoms with Crippen molar-refractivity contribution in [1.29, 1.82) is 0 Å². The average Bonchev–Trinajstić information content (AvgIpc) is 3.00. The third-order valence-corrected chi connectivity index (χ3v) is 5.93. The number of alkyl carbamates (subject to hydrolysis) is 1. The molecule has 0 aliphatic heterocycles. The van der Waals surface area contributed by atoms with Crippen molar-refractivity contribution in [1.82, 2.24) is 26.6 Å². The summed E-state index contributed by atoms with van der Waals surface area (Å²) in [5, 5.41) is 12.4. The van der Waals surface area contributed by atoms with E-state index < -0.39 is 60.9 Å². The molecule has 2 aromatic carbocycles. The number of hydrogen-bond donors (Lipinski definition) is 5. The summed E-state index contributed by atoms with van der Waals surface area (Å²) in [6.45, 7) is 2.32. The van der Waals surface area contributed by atoms with Crippen molar-refractivity contribution in [2.45, 2.75) is 45.4 Å². The van der Waals surface area contributed by atoms with Crippen molar-refractivity contribution < 1.29 is 38.2 Å². The van der Waals surface area contributed by atoms with Crippen molar-refractivity contribution in [2.24, 2.45) is 5.92 Å². The molecule has 0 radical (unpaired) electrons. The number of esters is 1. The number of nitrogens with one attached hydrogen (secondary N) is 5. The minimum absolute atomic E-state index is 0.0195. The van der Waals surface area contributed by atoms with Gasteiger partial charge in [0.05, 0.1) is 6.54 Å². The highest BCUT2D eigenvalue weighted by molar-refractivity contribution is 5.94. The number of rotatable bonds is 16. The van der Waals surface area contributed by atoms with Gasteiger partial charge in [0.15, 0.2) is 6.61 Å². The molecule has 13 nitrogen and oxygen atoms in total. The van der Waals surface area contributed by atoms with E-state index in [4.69, 9.17) is 9.47 Å². The molecule has 5 amide bonds. The summed E-state index contributed by atoms with van der Waals surface area (Å²) in [4.78, 5) is 74.2. The Hall–Kier alpha value is -4.94. The summed E-state index contributed by atoms with van der Waals surface area (Å²) >= 11 is 0. The van der Waals surface area contributed by atoms with E-state index >= 15 is 0 Å². The summed E-state index contributed by atoms with van der Waals surface area (Å²) < 4.78 is 9.83. The molecular weight excluding hydrogens is 558 g/mol. The van der Waals surface area contributed by atoms with Crippen LogP contribution in [0.2, 0.25) is 0 Å². The fourth-order valence-electron chi connectivity index (χ4n) is 3.77. The molecule has 0 saturated heterocycles. The van der Waals surface area contributed by atoms with Crippen LogP contribution in [-0.4, -0.2) is 74.5 Å². The number of likely N-dealkylation sites (N-methyl/N-ethyl adjacent to an activating group) is 1. The fraction of sp³-hybridized carbons (Fsp3) is 0.400. The zero-order valence-corrected chi connectivity index (χ0v) is 24.5. The Morgan fingerprint density at radius 3 is 1.91 bits per heavy atom. The number of benzene rings is 2. The third-order valence-electron chi connectivity index (χ3n) is 5.93. The van der Waals surface area contributed by atoms with Gasteiger partial charge in [-0.05, 0) is 23.5 Å². The highest BCUT2D eigenvalue weighted by Crippen LogP contribution is 2.08. The predicted octanol–water partition coefficient (Wildman–Crippen LogP) is 0.577. The molecule has 232 valence electrons. The van der Waals surface area contributed by atoms with Crippen LogP contribution in [0.15, 0.2) is 60.7 Å². The van der Waals surface area contributed by atoms with Crippen molar-refractivity contribution in [3.8, 4) is 0 Å². The van der Waals surface area contributed by atoms with Crippen LogP contribution >= 0.6 is 0 Å². The minimum atomic E-state index is -1.10. The van der Waals surface area contributed by atoms with Gasteiger partial charge in [-0.2, -0.15) is 0 Å². The Bertz CT molecular complexity index is 1220. The molecule has 2 aromatic rings. The Morgan fingerprint density at radius 1 is 0.698 bits per heavy atom. The normalized spacial score (nSPS) is 11.8. The Balaban J connectivity index is 1.94. The van der Waals surface area contributed by atoms with Gasteiger partial charge in [0.25, 0.3) is 0 Å².